The van der Waals surface area contributed by atoms with E-state index in [0.29, 0.717) is 16.1 Å². The topological polar surface area (TPSA) is 89.5 Å². The van der Waals surface area contributed by atoms with E-state index in [0.717, 1.165) is 0 Å². The maximum atomic E-state index is 12.3. The molecule has 1 aliphatic heterocycles. The summed E-state index contributed by atoms with van der Waals surface area (Å²) in [5.74, 6) is -2.20. The molecule has 3 aromatic rings. The lowest BCUT2D eigenvalue weighted by molar-refractivity contribution is -0.0584. The van der Waals surface area contributed by atoms with E-state index >= 15 is 0 Å². The van der Waals surface area contributed by atoms with Crippen molar-refractivity contribution in [3.05, 3.63) is 71.5 Å². The summed E-state index contributed by atoms with van der Waals surface area (Å²) in [6, 6.07) is 11.2. The number of fused-ring (bicyclic) bond motifs is 2. The average Bonchev–Trinajstić information content (AvgIpc) is 2.86. The van der Waals surface area contributed by atoms with E-state index in [1.54, 1.807) is 30.5 Å². The predicted octanol–water partition coefficient (Wildman–Crippen LogP) is 2.00. The molecule has 2 amide bonds. The van der Waals surface area contributed by atoms with E-state index in [2.05, 4.69) is 9.97 Å². The zero-order chi connectivity index (χ0) is 16.7. The highest BCUT2D eigenvalue weighted by molar-refractivity contribution is 6.21. The Bertz CT molecular complexity index is 980. The third-order valence-corrected chi connectivity index (χ3v) is 3.62. The van der Waals surface area contributed by atoms with Crippen molar-refractivity contribution in [3.8, 4) is 0 Å². The first-order valence-corrected chi connectivity index (χ1v) is 7.06. The van der Waals surface area contributed by atoms with E-state index in [1.165, 1.54) is 24.4 Å². The van der Waals surface area contributed by atoms with E-state index in [4.69, 9.17) is 4.84 Å². The van der Waals surface area contributed by atoms with Crippen molar-refractivity contribution in [2.24, 2.45) is 0 Å². The number of carbonyl (C=O) groups excluding carboxylic acids is 3. The Balaban J connectivity index is 1.62. The maximum absolute atomic E-state index is 12.3. The van der Waals surface area contributed by atoms with Gasteiger partial charge in [0.15, 0.2) is 0 Å². The molecule has 1 aliphatic rings. The van der Waals surface area contributed by atoms with Gasteiger partial charge in [-0.1, -0.05) is 17.2 Å². The van der Waals surface area contributed by atoms with Crippen LogP contribution < -0.4 is 0 Å². The predicted molar refractivity (Wildman–Crippen MR) is 81.9 cm³/mol. The molecule has 0 unspecified atom stereocenters. The molecule has 0 saturated carbocycles. The number of hydroxylamine groups is 2. The van der Waals surface area contributed by atoms with Crippen LogP contribution in [0.1, 0.15) is 31.1 Å². The Hall–Kier alpha value is -3.61. The molecule has 0 bridgehead atoms. The van der Waals surface area contributed by atoms with Crippen LogP contribution in [0.3, 0.4) is 0 Å². The molecule has 0 atom stereocenters. The first-order valence-electron chi connectivity index (χ1n) is 7.06. The lowest BCUT2D eigenvalue weighted by Crippen LogP contribution is -2.32. The van der Waals surface area contributed by atoms with Gasteiger partial charge >= 0.3 is 5.97 Å². The molecule has 3 heterocycles. The number of aromatic nitrogens is 2. The number of benzene rings is 1. The van der Waals surface area contributed by atoms with Gasteiger partial charge in [0.1, 0.15) is 0 Å². The standard InChI is InChI=1S/C17H9N3O4/c21-15-11-4-1-2-5-12(11)16(22)20(15)24-17(23)10-8-14-13(19-9-10)6-3-7-18-14/h1-9H. The second kappa shape index (κ2) is 5.24. The highest BCUT2D eigenvalue weighted by Gasteiger charge is 2.38. The molecule has 2 aromatic heterocycles. The van der Waals surface area contributed by atoms with Crippen LogP contribution in [-0.2, 0) is 4.84 Å². The Morgan fingerprint density at radius 3 is 2.33 bits per heavy atom. The molecule has 1 aromatic carbocycles. The summed E-state index contributed by atoms with van der Waals surface area (Å²) < 4.78 is 0. The lowest BCUT2D eigenvalue weighted by Gasteiger charge is -2.12. The monoisotopic (exact) mass is 319 g/mol. The highest BCUT2D eigenvalue weighted by atomic mass is 16.7. The average molecular weight is 319 g/mol. The highest BCUT2D eigenvalue weighted by Crippen LogP contribution is 2.23. The molecule has 0 saturated heterocycles. The molecule has 7 nitrogen and oxygen atoms in total. The summed E-state index contributed by atoms with van der Waals surface area (Å²) in [4.78, 5) is 49.8. The summed E-state index contributed by atoms with van der Waals surface area (Å²) in [5, 5.41) is 0.468. The third kappa shape index (κ3) is 2.11. The number of nitrogens with zero attached hydrogens (tertiary/aromatic N) is 3. The Labute approximate surface area is 135 Å². The van der Waals surface area contributed by atoms with Gasteiger partial charge in [0.2, 0.25) is 0 Å². The molecule has 7 heteroatoms. The van der Waals surface area contributed by atoms with Crippen LogP contribution >= 0.6 is 0 Å². The van der Waals surface area contributed by atoms with Crippen LogP contribution in [0.15, 0.2) is 54.9 Å². The van der Waals surface area contributed by atoms with Gasteiger partial charge in [-0.2, -0.15) is 0 Å². The number of rotatable bonds is 2. The van der Waals surface area contributed by atoms with Gasteiger partial charge in [-0.3, -0.25) is 19.6 Å². The fourth-order valence-corrected chi connectivity index (χ4v) is 2.45. The zero-order valence-corrected chi connectivity index (χ0v) is 12.2. The minimum absolute atomic E-state index is 0.0951. The third-order valence-electron chi connectivity index (χ3n) is 3.62. The van der Waals surface area contributed by atoms with Crippen molar-refractivity contribution in [1.29, 1.82) is 0 Å². The maximum Gasteiger partial charge on any atom is 0.365 e. The first kappa shape index (κ1) is 14.0. The largest absolute Gasteiger partial charge is 0.365 e. The molecule has 0 N–H and O–H groups in total. The number of amides is 2. The van der Waals surface area contributed by atoms with Gasteiger partial charge in [0.25, 0.3) is 11.8 Å². The molecule has 24 heavy (non-hydrogen) atoms. The Morgan fingerprint density at radius 2 is 1.62 bits per heavy atom. The number of carbonyl (C=O) groups is 3. The Morgan fingerprint density at radius 1 is 0.917 bits per heavy atom. The van der Waals surface area contributed by atoms with E-state index in [1.807, 2.05) is 0 Å². The molecule has 116 valence electrons. The first-order chi connectivity index (χ1) is 11.6. The quantitative estimate of drug-likeness (QED) is 0.671. The zero-order valence-electron chi connectivity index (χ0n) is 12.2. The van der Waals surface area contributed by atoms with Crippen molar-refractivity contribution in [3.63, 3.8) is 0 Å². The molecule has 0 aliphatic carbocycles. The summed E-state index contributed by atoms with van der Waals surface area (Å²) in [6.45, 7) is 0. The van der Waals surface area contributed by atoms with E-state index in [-0.39, 0.29) is 16.7 Å². The SMILES string of the molecule is O=C(ON1C(=O)c2ccccc2C1=O)c1cnc2cccnc2c1. The van der Waals surface area contributed by atoms with Crippen molar-refractivity contribution in [2.75, 3.05) is 0 Å². The summed E-state index contributed by atoms with van der Waals surface area (Å²) in [6.07, 6.45) is 2.88. The fraction of sp³-hybridized carbons (Fsp3) is 0. The van der Waals surface area contributed by atoms with E-state index < -0.39 is 17.8 Å². The normalized spacial score (nSPS) is 13.2. The van der Waals surface area contributed by atoms with Crippen LogP contribution in [0.25, 0.3) is 11.0 Å². The molecular weight excluding hydrogens is 310 g/mol. The van der Waals surface area contributed by atoms with E-state index in [9.17, 15) is 14.4 Å². The molecular formula is C17H9N3O4. The lowest BCUT2D eigenvalue weighted by atomic mass is 10.1. The van der Waals surface area contributed by atoms with Crippen LogP contribution in [-0.4, -0.2) is 32.8 Å². The molecule has 0 spiro atoms. The minimum Gasteiger partial charge on any atom is -0.324 e. The molecule has 0 fully saturated rings. The van der Waals surface area contributed by atoms with Crippen LogP contribution in [0.5, 0.6) is 0 Å². The number of imide groups is 1. The van der Waals surface area contributed by atoms with Gasteiger partial charge in [0.05, 0.1) is 27.7 Å². The summed E-state index contributed by atoms with van der Waals surface area (Å²) in [7, 11) is 0. The van der Waals surface area contributed by atoms with Crippen LogP contribution in [0, 0.1) is 0 Å². The second-order valence-corrected chi connectivity index (χ2v) is 5.09. The smallest absolute Gasteiger partial charge is 0.324 e. The van der Waals surface area contributed by atoms with Crippen LogP contribution in [0.4, 0.5) is 0 Å². The molecule has 0 radical (unpaired) electrons. The van der Waals surface area contributed by atoms with Crippen molar-refractivity contribution in [2.45, 2.75) is 0 Å². The van der Waals surface area contributed by atoms with Crippen molar-refractivity contribution >= 4 is 28.8 Å². The molecule has 4 rings (SSSR count). The van der Waals surface area contributed by atoms with Gasteiger partial charge in [-0.15, -0.1) is 0 Å². The number of hydrogen-bond acceptors (Lipinski definition) is 6. The van der Waals surface area contributed by atoms with Crippen LogP contribution in [0.2, 0.25) is 0 Å². The summed E-state index contributed by atoms with van der Waals surface area (Å²) >= 11 is 0. The van der Waals surface area contributed by atoms with Gasteiger partial charge < -0.3 is 4.84 Å². The van der Waals surface area contributed by atoms with Crippen molar-refractivity contribution in [1.82, 2.24) is 15.0 Å². The van der Waals surface area contributed by atoms with Gasteiger partial charge in [-0.05, 0) is 30.3 Å². The number of hydrogen-bond donors (Lipinski definition) is 0. The van der Waals surface area contributed by atoms with Crippen molar-refractivity contribution < 1.29 is 19.2 Å². The summed E-state index contributed by atoms with van der Waals surface area (Å²) in [5.41, 5.74) is 1.63. The second-order valence-electron chi connectivity index (χ2n) is 5.09. The minimum atomic E-state index is -0.857. The van der Waals surface area contributed by atoms with Gasteiger partial charge in [0, 0.05) is 12.4 Å². The Kier molecular flexibility index (Phi) is 3.06. The fourth-order valence-electron chi connectivity index (χ4n) is 2.45. The number of pyridine rings is 2. The van der Waals surface area contributed by atoms with Gasteiger partial charge in [-0.25, -0.2) is 4.79 Å².